The van der Waals surface area contributed by atoms with E-state index < -0.39 is 0 Å². The predicted molar refractivity (Wildman–Crippen MR) is 97.3 cm³/mol. The van der Waals surface area contributed by atoms with Crippen molar-refractivity contribution in [3.05, 3.63) is 22.8 Å². The molecule has 0 aromatic heterocycles. The predicted octanol–water partition coefficient (Wildman–Crippen LogP) is 2.67. The van der Waals surface area contributed by atoms with Gasteiger partial charge in [0.05, 0.1) is 24.0 Å². The first-order valence-corrected chi connectivity index (χ1v) is 6.75. The molecule has 0 radical (unpaired) electrons. The van der Waals surface area contributed by atoms with Crippen LogP contribution in [-0.2, 0) is 0 Å². The van der Waals surface area contributed by atoms with Crippen molar-refractivity contribution in [2.24, 2.45) is 0 Å². The van der Waals surface area contributed by atoms with Crippen molar-refractivity contribution in [1.82, 2.24) is 0 Å². The standard InChI is InChI=1S/C9H8N2S6/c10-3-1-2(7(12)13)4(8(14)15)5(6(3)11)9(16)17/h1H,10-11H2,(H,12,13)(H,14,15)(H,16,17). The van der Waals surface area contributed by atoms with Gasteiger partial charge in [0, 0.05) is 16.7 Å². The molecule has 90 valence electrons. The lowest BCUT2D eigenvalue weighted by molar-refractivity contribution is 1.60. The Bertz CT molecular complexity index is 537. The molecule has 2 nitrogen and oxygen atoms in total. The van der Waals surface area contributed by atoms with E-state index in [9.17, 15) is 0 Å². The molecule has 0 aliphatic carbocycles. The smallest absolute Gasteiger partial charge is 0.0776 e. The second-order valence-corrected chi connectivity index (χ2v) is 6.57. The summed E-state index contributed by atoms with van der Waals surface area (Å²) in [6.07, 6.45) is 0. The van der Waals surface area contributed by atoms with Gasteiger partial charge in [-0.3, -0.25) is 0 Å². The zero-order chi connectivity index (χ0) is 13.3. The third kappa shape index (κ3) is 3.12. The van der Waals surface area contributed by atoms with E-state index in [4.69, 9.17) is 48.1 Å². The monoisotopic (exact) mass is 336 g/mol. The fourth-order valence-corrected chi connectivity index (χ4v) is 2.56. The highest BCUT2D eigenvalue weighted by Crippen LogP contribution is 2.32. The van der Waals surface area contributed by atoms with Gasteiger partial charge in [0.2, 0.25) is 0 Å². The first kappa shape index (κ1) is 15.2. The summed E-state index contributed by atoms with van der Waals surface area (Å²) in [7, 11) is 0. The zero-order valence-corrected chi connectivity index (χ0v) is 13.4. The summed E-state index contributed by atoms with van der Waals surface area (Å²) < 4.78 is 0.940. The van der Waals surface area contributed by atoms with Crippen LogP contribution in [0.25, 0.3) is 0 Å². The number of rotatable bonds is 3. The molecule has 0 aliphatic heterocycles. The molecule has 17 heavy (non-hydrogen) atoms. The molecular weight excluding hydrogens is 329 g/mol. The van der Waals surface area contributed by atoms with E-state index in [0.29, 0.717) is 36.5 Å². The molecule has 0 saturated heterocycles. The van der Waals surface area contributed by atoms with Gasteiger partial charge in [0.1, 0.15) is 0 Å². The molecule has 4 N–H and O–H groups in total. The first-order chi connectivity index (χ1) is 7.77. The van der Waals surface area contributed by atoms with Crippen molar-refractivity contribution in [1.29, 1.82) is 0 Å². The van der Waals surface area contributed by atoms with Crippen LogP contribution >= 0.6 is 74.5 Å². The van der Waals surface area contributed by atoms with Gasteiger partial charge in [-0.25, -0.2) is 0 Å². The van der Waals surface area contributed by atoms with Crippen LogP contribution in [0.1, 0.15) is 16.7 Å². The average molecular weight is 337 g/mol. The van der Waals surface area contributed by atoms with E-state index >= 15 is 0 Å². The maximum absolute atomic E-state index is 5.87. The fourth-order valence-electron chi connectivity index (χ4n) is 1.33. The van der Waals surface area contributed by atoms with Crippen molar-refractivity contribution in [2.75, 3.05) is 11.5 Å². The van der Waals surface area contributed by atoms with Crippen LogP contribution in [-0.4, -0.2) is 12.6 Å². The largest absolute Gasteiger partial charge is 0.397 e. The third-order valence-electron chi connectivity index (χ3n) is 2.06. The molecule has 1 aromatic carbocycles. The van der Waals surface area contributed by atoms with Gasteiger partial charge in [-0.05, 0) is 6.07 Å². The maximum atomic E-state index is 5.87. The first-order valence-electron chi connectivity index (χ1n) is 4.19. The number of benzene rings is 1. The number of nitrogen functional groups attached to an aromatic ring is 2. The topological polar surface area (TPSA) is 52.0 Å². The fraction of sp³-hybridized carbons (Fsp3) is 0. The Morgan fingerprint density at radius 3 is 1.71 bits per heavy atom. The van der Waals surface area contributed by atoms with Gasteiger partial charge in [-0.1, -0.05) is 36.7 Å². The minimum Gasteiger partial charge on any atom is -0.397 e. The van der Waals surface area contributed by atoms with Crippen LogP contribution in [0.5, 0.6) is 0 Å². The van der Waals surface area contributed by atoms with Gasteiger partial charge in [-0.15, -0.1) is 37.9 Å². The van der Waals surface area contributed by atoms with E-state index in [-0.39, 0.29) is 4.20 Å². The lowest BCUT2D eigenvalue weighted by Gasteiger charge is -2.16. The lowest BCUT2D eigenvalue weighted by Crippen LogP contribution is -2.12. The van der Waals surface area contributed by atoms with Gasteiger partial charge < -0.3 is 11.5 Å². The summed E-state index contributed by atoms with van der Waals surface area (Å²) in [5.74, 6) is 0. The number of anilines is 2. The zero-order valence-electron chi connectivity index (χ0n) is 8.30. The molecule has 1 aromatic rings. The number of hydrogen-bond donors (Lipinski definition) is 5. The summed E-state index contributed by atoms with van der Waals surface area (Å²) in [4.78, 5) is 0. The van der Waals surface area contributed by atoms with E-state index in [0.717, 1.165) is 0 Å². The van der Waals surface area contributed by atoms with Crippen LogP contribution in [0, 0.1) is 0 Å². The molecule has 0 bridgehead atoms. The number of nitrogens with two attached hydrogens (primary N) is 2. The van der Waals surface area contributed by atoms with Crippen LogP contribution in [0.2, 0.25) is 0 Å². The molecule has 0 atom stereocenters. The molecule has 1 rings (SSSR count). The lowest BCUT2D eigenvalue weighted by atomic mass is 10.0. The summed E-state index contributed by atoms with van der Waals surface area (Å²) in [5.41, 5.74) is 14.0. The third-order valence-corrected chi connectivity index (χ3v) is 3.37. The highest BCUT2D eigenvalue weighted by atomic mass is 32.1. The highest BCUT2D eigenvalue weighted by molar-refractivity contribution is 8.13. The molecule has 0 spiro atoms. The van der Waals surface area contributed by atoms with Crippen LogP contribution < -0.4 is 11.5 Å². The van der Waals surface area contributed by atoms with E-state index in [1.165, 1.54) is 0 Å². The summed E-state index contributed by atoms with van der Waals surface area (Å²) in [6.45, 7) is 0. The van der Waals surface area contributed by atoms with Crippen molar-refractivity contribution < 1.29 is 0 Å². The quantitative estimate of drug-likeness (QED) is 0.334. The van der Waals surface area contributed by atoms with Crippen molar-refractivity contribution in [3.63, 3.8) is 0 Å². The van der Waals surface area contributed by atoms with Crippen LogP contribution in [0.15, 0.2) is 6.07 Å². The Morgan fingerprint density at radius 1 is 0.882 bits per heavy atom. The van der Waals surface area contributed by atoms with E-state index in [1.54, 1.807) is 6.07 Å². The molecule has 0 fully saturated rings. The number of hydrogen-bond acceptors (Lipinski definition) is 5. The highest BCUT2D eigenvalue weighted by Gasteiger charge is 2.19. The number of thiol groups is 3. The maximum Gasteiger partial charge on any atom is 0.0776 e. The van der Waals surface area contributed by atoms with Gasteiger partial charge >= 0.3 is 0 Å². The van der Waals surface area contributed by atoms with E-state index in [1.807, 2.05) is 0 Å². The average Bonchev–Trinajstić information content (AvgIpc) is 2.19. The summed E-state index contributed by atoms with van der Waals surface area (Å²) in [5, 5.41) is 0. The molecular formula is C9H8N2S6. The Balaban J connectivity index is 3.83. The SMILES string of the molecule is Nc1cc(C(=S)S)c(C(=S)S)c(C(=S)S)c1N. The van der Waals surface area contributed by atoms with Crippen molar-refractivity contribution in [2.45, 2.75) is 0 Å². The van der Waals surface area contributed by atoms with Crippen LogP contribution in [0.4, 0.5) is 11.4 Å². The second kappa shape index (κ2) is 5.85. The van der Waals surface area contributed by atoms with Gasteiger partial charge in [0.25, 0.3) is 0 Å². The minimum absolute atomic E-state index is 0.284. The molecule has 8 heteroatoms. The molecule has 0 unspecified atom stereocenters. The van der Waals surface area contributed by atoms with Crippen molar-refractivity contribution in [3.8, 4) is 0 Å². The van der Waals surface area contributed by atoms with Crippen LogP contribution in [0.3, 0.4) is 0 Å². The summed E-state index contributed by atoms with van der Waals surface area (Å²) >= 11 is 27.5. The Morgan fingerprint density at radius 2 is 1.35 bits per heavy atom. The Kier molecular flexibility index (Phi) is 5.23. The normalized spacial score (nSPS) is 10.1. The number of thiocarbonyl (C=S) groups is 3. The summed E-state index contributed by atoms with van der Waals surface area (Å²) in [6, 6.07) is 1.61. The van der Waals surface area contributed by atoms with Gasteiger partial charge in [-0.2, -0.15) is 0 Å². The Labute approximate surface area is 132 Å². The van der Waals surface area contributed by atoms with Crippen molar-refractivity contribution >= 4 is 98.5 Å². The van der Waals surface area contributed by atoms with Gasteiger partial charge in [0.15, 0.2) is 0 Å². The molecule has 0 heterocycles. The second-order valence-electron chi connectivity index (χ2n) is 3.09. The minimum atomic E-state index is 0.284. The Hall–Kier alpha value is 0.140. The van der Waals surface area contributed by atoms with E-state index in [2.05, 4.69) is 37.9 Å². The molecule has 0 aliphatic rings. The molecule has 0 amide bonds. The molecule has 0 saturated carbocycles.